The van der Waals surface area contributed by atoms with Crippen LogP contribution < -0.4 is 16.2 Å². The number of hydrogen-bond donors (Lipinski definition) is 3. The van der Waals surface area contributed by atoms with Gasteiger partial charge in [0.05, 0.1) is 12.3 Å². The molecule has 1 aromatic rings. The van der Waals surface area contributed by atoms with Crippen molar-refractivity contribution in [2.75, 3.05) is 11.9 Å². The zero-order valence-electron chi connectivity index (χ0n) is 10.5. The van der Waals surface area contributed by atoms with E-state index in [2.05, 4.69) is 21.3 Å². The third-order valence-electron chi connectivity index (χ3n) is 2.53. The monoisotopic (exact) mass is 277 g/mol. The fourth-order valence-corrected chi connectivity index (χ4v) is 1.89. The van der Waals surface area contributed by atoms with Crippen molar-refractivity contribution >= 4 is 35.0 Å². The zero-order valence-corrected chi connectivity index (χ0v) is 11.3. The second kappa shape index (κ2) is 6.26. The van der Waals surface area contributed by atoms with E-state index < -0.39 is 6.17 Å². The minimum Gasteiger partial charge on any atom is -0.332 e. The predicted molar refractivity (Wildman–Crippen MR) is 78.6 cm³/mol. The van der Waals surface area contributed by atoms with Crippen molar-refractivity contribution in [2.24, 2.45) is 5.10 Å². The summed E-state index contributed by atoms with van der Waals surface area (Å²) in [5.74, 6) is 0. The van der Waals surface area contributed by atoms with Crippen molar-refractivity contribution in [3.05, 3.63) is 30.3 Å². The maximum atomic E-state index is 10.9. The smallest absolute Gasteiger partial charge is 0.185 e. The molecule has 0 radical (unpaired) electrons. The number of anilines is 1. The first-order valence-corrected chi connectivity index (χ1v) is 6.23. The molecule has 6 nitrogen and oxygen atoms in total. The van der Waals surface area contributed by atoms with Gasteiger partial charge in [-0.3, -0.25) is 15.6 Å². The van der Waals surface area contributed by atoms with E-state index in [1.165, 1.54) is 0 Å². The van der Waals surface area contributed by atoms with E-state index in [1.807, 2.05) is 37.3 Å². The van der Waals surface area contributed by atoms with Crippen LogP contribution in [-0.4, -0.2) is 34.8 Å². The molecule has 2 rings (SSSR count). The van der Waals surface area contributed by atoms with Crippen molar-refractivity contribution in [1.82, 2.24) is 15.9 Å². The molecule has 0 spiro atoms. The average molecular weight is 277 g/mol. The summed E-state index contributed by atoms with van der Waals surface area (Å²) in [6, 6.07) is 9.58. The molecule has 0 fully saturated rings. The lowest BCUT2D eigenvalue weighted by Crippen LogP contribution is -2.59. The number of carbonyl (C=O) groups excluding carboxylic acids is 1. The van der Waals surface area contributed by atoms with Gasteiger partial charge in [0.25, 0.3) is 0 Å². The molecule has 1 unspecified atom stereocenters. The number of carbonyl (C=O) groups is 1. The number of benzene rings is 1. The first kappa shape index (κ1) is 13.4. The molecule has 1 atom stereocenters. The van der Waals surface area contributed by atoms with Crippen LogP contribution >= 0.6 is 12.2 Å². The van der Waals surface area contributed by atoms with Crippen LogP contribution in [0.15, 0.2) is 35.4 Å². The van der Waals surface area contributed by atoms with Gasteiger partial charge in [0.15, 0.2) is 17.6 Å². The maximum Gasteiger partial charge on any atom is 0.185 e. The number of rotatable bonds is 3. The van der Waals surface area contributed by atoms with Crippen LogP contribution in [0.2, 0.25) is 0 Å². The van der Waals surface area contributed by atoms with Crippen molar-refractivity contribution in [3.63, 3.8) is 0 Å². The van der Waals surface area contributed by atoms with Crippen molar-refractivity contribution in [3.8, 4) is 0 Å². The number of hydrazone groups is 1. The highest BCUT2D eigenvalue weighted by atomic mass is 32.1. The fourth-order valence-electron chi connectivity index (χ4n) is 1.65. The van der Waals surface area contributed by atoms with Gasteiger partial charge in [-0.25, -0.2) is 0 Å². The van der Waals surface area contributed by atoms with Crippen LogP contribution in [0.5, 0.6) is 0 Å². The molecule has 1 aliphatic heterocycles. The number of hydrogen-bond acceptors (Lipinski definition) is 5. The number of nitrogens with one attached hydrogen (secondary N) is 3. The molecule has 1 aromatic carbocycles. The van der Waals surface area contributed by atoms with Crippen LogP contribution in [0.3, 0.4) is 0 Å². The van der Waals surface area contributed by atoms with Gasteiger partial charge in [0.1, 0.15) is 0 Å². The molecule has 0 aromatic heterocycles. The third kappa shape index (κ3) is 3.73. The Balaban J connectivity index is 1.94. The molecule has 0 saturated heterocycles. The van der Waals surface area contributed by atoms with E-state index in [0.29, 0.717) is 11.7 Å². The Morgan fingerprint density at radius 1 is 1.53 bits per heavy atom. The second-order valence-electron chi connectivity index (χ2n) is 4.12. The van der Waals surface area contributed by atoms with Crippen LogP contribution in [-0.2, 0) is 4.79 Å². The molecule has 0 aliphatic carbocycles. The van der Waals surface area contributed by atoms with E-state index in [9.17, 15) is 4.79 Å². The van der Waals surface area contributed by atoms with Crippen molar-refractivity contribution in [2.45, 2.75) is 13.1 Å². The molecule has 19 heavy (non-hydrogen) atoms. The molecule has 7 heteroatoms. The summed E-state index contributed by atoms with van der Waals surface area (Å²) >= 11 is 5.21. The van der Waals surface area contributed by atoms with Gasteiger partial charge in [-0.15, -0.1) is 0 Å². The Kier molecular flexibility index (Phi) is 4.43. The first-order valence-electron chi connectivity index (χ1n) is 5.82. The van der Waals surface area contributed by atoms with Crippen LogP contribution in [0.1, 0.15) is 6.92 Å². The van der Waals surface area contributed by atoms with E-state index >= 15 is 0 Å². The SMILES string of the molecule is CC1=NNC(C=O)N(NC(=S)Nc2ccccc2)C1. The first-order chi connectivity index (χ1) is 9.19. The summed E-state index contributed by atoms with van der Waals surface area (Å²) in [6.07, 6.45) is 0.243. The summed E-state index contributed by atoms with van der Waals surface area (Å²) in [7, 11) is 0. The molecule has 0 bridgehead atoms. The van der Waals surface area contributed by atoms with E-state index in [4.69, 9.17) is 12.2 Å². The number of hydrazine groups is 1. The summed E-state index contributed by atoms with van der Waals surface area (Å²) in [6.45, 7) is 2.39. The predicted octanol–water partition coefficient (Wildman–Crippen LogP) is 0.694. The van der Waals surface area contributed by atoms with Crippen molar-refractivity contribution in [1.29, 1.82) is 0 Å². The molecular weight excluding hydrogens is 262 g/mol. The van der Waals surface area contributed by atoms with Gasteiger partial charge in [0.2, 0.25) is 0 Å². The molecule has 0 amide bonds. The highest BCUT2D eigenvalue weighted by molar-refractivity contribution is 7.80. The number of thiocarbonyl (C=S) groups is 1. The second-order valence-corrected chi connectivity index (χ2v) is 4.53. The Hall–Kier alpha value is -1.99. The van der Waals surface area contributed by atoms with E-state index in [0.717, 1.165) is 17.7 Å². The molecule has 1 heterocycles. The minimum atomic E-state index is -0.528. The number of para-hydroxylation sites is 1. The summed E-state index contributed by atoms with van der Waals surface area (Å²) in [4.78, 5) is 10.9. The van der Waals surface area contributed by atoms with Gasteiger partial charge in [-0.05, 0) is 31.3 Å². The summed E-state index contributed by atoms with van der Waals surface area (Å²) in [5, 5.41) is 9.17. The average Bonchev–Trinajstić information content (AvgIpc) is 2.40. The van der Waals surface area contributed by atoms with Crippen molar-refractivity contribution < 1.29 is 4.79 Å². The van der Waals surface area contributed by atoms with Gasteiger partial charge >= 0.3 is 0 Å². The van der Waals surface area contributed by atoms with Gasteiger partial charge in [0, 0.05) is 5.69 Å². The van der Waals surface area contributed by atoms with Crippen LogP contribution in [0, 0.1) is 0 Å². The zero-order chi connectivity index (χ0) is 13.7. The van der Waals surface area contributed by atoms with Gasteiger partial charge in [-0.2, -0.15) is 10.1 Å². The standard InChI is InChI=1S/C12H15N5OS/c1-9-7-17(11(8-18)15-14-9)16-12(19)13-10-5-3-2-4-6-10/h2-6,8,11,15H,7H2,1H3,(H2,13,16,19). The fraction of sp³-hybridized carbons (Fsp3) is 0.250. The largest absolute Gasteiger partial charge is 0.332 e. The molecule has 3 N–H and O–H groups in total. The normalized spacial score (nSPS) is 19.0. The van der Waals surface area contributed by atoms with Crippen LogP contribution in [0.25, 0.3) is 0 Å². The lowest BCUT2D eigenvalue weighted by molar-refractivity contribution is -0.114. The minimum absolute atomic E-state index is 0.426. The third-order valence-corrected chi connectivity index (χ3v) is 2.72. The summed E-state index contributed by atoms with van der Waals surface area (Å²) < 4.78 is 0. The highest BCUT2D eigenvalue weighted by Gasteiger charge is 2.22. The molecule has 0 saturated carbocycles. The number of nitrogens with zero attached hydrogens (tertiary/aromatic N) is 2. The van der Waals surface area contributed by atoms with Gasteiger partial charge in [-0.1, -0.05) is 18.2 Å². The Morgan fingerprint density at radius 2 is 2.26 bits per heavy atom. The lowest BCUT2D eigenvalue weighted by atomic mass is 10.3. The lowest BCUT2D eigenvalue weighted by Gasteiger charge is -2.32. The molecular formula is C12H15N5OS. The Morgan fingerprint density at radius 3 is 2.95 bits per heavy atom. The Labute approximate surface area is 116 Å². The highest BCUT2D eigenvalue weighted by Crippen LogP contribution is 2.05. The number of aldehydes is 1. The van der Waals surface area contributed by atoms with Crippen LogP contribution in [0.4, 0.5) is 5.69 Å². The quantitative estimate of drug-likeness (QED) is 0.558. The van der Waals surface area contributed by atoms with E-state index in [-0.39, 0.29) is 0 Å². The maximum absolute atomic E-state index is 10.9. The van der Waals surface area contributed by atoms with E-state index in [1.54, 1.807) is 5.01 Å². The molecule has 1 aliphatic rings. The van der Waals surface area contributed by atoms with Gasteiger partial charge < -0.3 is 5.32 Å². The summed E-state index contributed by atoms with van der Waals surface area (Å²) in [5.41, 5.74) is 7.47. The Bertz CT molecular complexity index is 490. The molecule has 100 valence electrons. The topological polar surface area (TPSA) is 68.8 Å².